The Morgan fingerprint density at radius 2 is 2.16 bits per heavy atom. The van der Waals surface area contributed by atoms with Crippen LogP contribution in [0.15, 0.2) is 41.8 Å². The number of aromatic nitrogens is 3. The summed E-state index contributed by atoms with van der Waals surface area (Å²) in [6, 6.07) is 9.81. The first-order valence-electron chi connectivity index (χ1n) is 6.06. The van der Waals surface area contributed by atoms with Gasteiger partial charge in [0.15, 0.2) is 5.16 Å². The second-order valence-corrected chi connectivity index (χ2v) is 5.58. The lowest BCUT2D eigenvalue weighted by atomic mass is 10.3. The Kier molecular flexibility index (Phi) is 3.25. The van der Waals surface area contributed by atoms with E-state index in [-0.39, 0.29) is 17.3 Å². The molecular formula is C13H13N3O2S. The maximum Gasteiger partial charge on any atom is 0.319 e. The number of benzene rings is 1. The summed E-state index contributed by atoms with van der Waals surface area (Å²) in [7, 11) is 0. The summed E-state index contributed by atoms with van der Waals surface area (Å²) in [6.45, 7) is 1.90. The first-order valence-corrected chi connectivity index (χ1v) is 6.94. The lowest BCUT2D eigenvalue weighted by Gasteiger charge is -2.07. The summed E-state index contributed by atoms with van der Waals surface area (Å²) < 4.78 is 7.03. The summed E-state index contributed by atoms with van der Waals surface area (Å²) in [4.78, 5) is 11.7. The second-order valence-electron chi connectivity index (χ2n) is 4.41. The average Bonchev–Trinajstić information content (AvgIpc) is 2.98. The molecule has 0 aliphatic carbocycles. The zero-order valence-corrected chi connectivity index (χ0v) is 11.2. The molecule has 6 heteroatoms. The molecule has 19 heavy (non-hydrogen) atoms. The molecule has 0 bridgehead atoms. The normalized spacial score (nSPS) is 22.5. The molecule has 2 unspecified atom stereocenters. The minimum Gasteiger partial charge on any atom is -0.462 e. The van der Waals surface area contributed by atoms with Gasteiger partial charge in [-0.05, 0) is 19.1 Å². The molecule has 0 spiro atoms. The third-order valence-electron chi connectivity index (χ3n) is 2.92. The summed E-state index contributed by atoms with van der Waals surface area (Å²) >= 11 is 1.41. The number of para-hydroxylation sites is 1. The van der Waals surface area contributed by atoms with Crippen molar-refractivity contribution >= 4 is 17.7 Å². The summed E-state index contributed by atoms with van der Waals surface area (Å²) in [5, 5.41) is 8.53. The van der Waals surface area contributed by atoms with Gasteiger partial charge in [0.2, 0.25) is 0 Å². The highest BCUT2D eigenvalue weighted by Gasteiger charge is 2.33. The molecule has 0 N–H and O–H groups in total. The molecule has 2 atom stereocenters. The Balaban J connectivity index is 1.83. The summed E-state index contributed by atoms with van der Waals surface area (Å²) in [5.41, 5.74) is 0.981. The number of rotatable bonds is 3. The van der Waals surface area contributed by atoms with Crippen LogP contribution in [-0.4, -0.2) is 32.1 Å². The van der Waals surface area contributed by atoms with Crippen LogP contribution in [0.4, 0.5) is 0 Å². The van der Waals surface area contributed by atoms with E-state index in [9.17, 15) is 4.79 Å². The SMILES string of the molecule is CC1CC(Sc2nncn2-c2ccccc2)C(=O)O1. The lowest BCUT2D eigenvalue weighted by molar-refractivity contribution is -0.140. The third-order valence-corrected chi connectivity index (χ3v) is 4.08. The van der Waals surface area contributed by atoms with Crippen LogP contribution in [0.3, 0.4) is 0 Å². The van der Waals surface area contributed by atoms with Gasteiger partial charge in [-0.15, -0.1) is 10.2 Å². The van der Waals surface area contributed by atoms with Crippen LogP contribution in [-0.2, 0) is 9.53 Å². The van der Waals surface area contributed by atoms with E-state index in [1.165, 1.54) is 11.8 Å². The molecule has 1 saturated heterocycles. The second kappa shape index (κ2) is 5.05. The van der Waals surface area contributed by atoms with Gasteiger partial charge >= 0.3 is 5.97 Å². The number of carbonyl (C=O) groups excluding carboxylic acids is 1. The van der Waals surface area contributed by atoms with Crippen molar-refractivity contribution in [3.63, 3.8) is 0 Å². The number of hydrogen-bond acceptors (Lipinski definition) is 5. The van der Waals surface area contributed by atoms with Crippen LogP contribution in [0.2, 0.25) is 0 Å². The fourth-order valence-corrected chi connectivity index (χ4v) is 3.15. The number of thioether (sulfide) groups is 1. The number of esters is 1. The molecule has 0 amide bonds. The first kappa shape index (κ1) is 12.2. The molecule has 5 nitrogen and oxygen atoms in total. The minimum atomic E-state index is -0.193. The van der Waals surface area contributed by atoms with Crippen molar-refractivity contribution in [3.8, 4) is 5.69 Å². The minimum absolute atomic E-state index is 0.0157. The van der Waals surface area contributed by atoms with Crippen LogP contribution < -0.4 is 0 Å². The first-order chi connectivity index (χ1) is 9.24. The lowest BCUT2D eigenvalue weighted by Crippen LogP contribution is -2.10. The van der Waals surface area contributed by atoms with Crippen LogP contribution in [0.5, 0.6) is 0 Å². The van der Waals surface area contributed by atoms with E-state index in [1.807, 2.05) is 41.8 Å². The van der Waals surface area contributed by atoms with Gasteiger partial charge in [0.1, 0.15) is 17.7 Å². The van der Waals surface area contributed by atoms with Crippen molar-refractivity contribution in [1.82, 2.24) is 14.8 Å². The molecular weight excluding hydrogens is 262 g/mol. The van der Waals surface area contributed by atoms with Crippen molar-refractivity contribution in [3.05, 3.63) is 36.7 Å². The monoisotopic (exact) mass is 275 g/mol. The zero-order chi connectivity index (χ0) is 13.2. The zero-order valence-electron chi connectivity index (χ0n) is 10.4. The predicted octanol–water partition coefficient (Wildman–Crippen LogP) is 2.06. The van der Waals surface area contributed by atoms with Crippen molar-refractivity contribution in [2.24, 2.45) is 0 Å². The molecule has 1 fully saturated rings. The van der Waals surface area contributed by atoms with Gasteiger partial charge in [0, 0.05) is 12.1 Å². The Hall–Kier alpha value is -1.82. The van der Waals surface area contributed by atoms with Crippen LogP contribution in [0.25, 0.3) is 5.69 Å². The number of cyclic esters (lactones) is 1. The summed E-state index contributed by atoms with van der Waals surface area (Å²) in [6.07, 6.45) is 2.35. The van der Waals surface area contributed by atoms with Gasteiger partial charge in [-0.2, -0.15) is 0 Å². The van der Waals surface area contributed by atoms with E-state index >= 15 is 0 Å². The van der Waals surface area contributed by atoms with E-state index in [0.29, 0.717) is 11.6 Å². The topological polar surface area (TPSA) is 57.0 Å². The highest BCUT2D eigenvalue weighted by molar-refractivity contribution is 8.00. The standard InChI is InChI=1S/C13H13N3O2S/c1-9-7-11(12(17)18-9)19-13-15-14-8-16(13)10-5-3-2-4-6-10/h2-6,8-9,11H,7H2,1H3. The molecule has 1 aliphatic rings. The molecule has 2 heterocycles. The molecule has 98 valence electrons. The Morgan fingerprint density at radius 3 is 2.84 bits per heavy atom. The maximum absolute atomic E-state index is 11.7. The van der Waals surface area contributed by atoms with E-state index in [2.05, 4.69) is 10.2 Å². The van der Waals surface area contributed by atoms with Gasteiger partial charge in [-0.1, -0.05) is 30.0 Å². The highest BCUT2D eigenvalue weighted by Crippen LogP contribution is 2.31. The van der Waals surface area contributed by atoms with E-state index < -0.39 is 0 Å². The van der Waals surface area contributed by atoms with Crippen LogP contribution in [0, 0.1) is 0 Å². The number of nitrogens with zero attached hydrogens (tertiary/aromatic N) is 3. The fourth-order valence-electron chi connectivity index (χ4n) is 2.01. The molecule has 2 aromatic rings. The Labute approximate surface area is 115 Å². The largest absolute Gasteiger partial charge is 0.462 e. The van der Waals surface area contributed by atoms with E-state index in [4.69, 9.17) is 4.74 Å². The van der Waals surface area contributed by atoms with Gasteiger partial charge in [0.25, 0.3) is 0 Å². The van der Waals surface area contributed by atoms with Gasteiger partial charge in [-0.25, -0.2) is 0 Å². The van der Waals surface area contributed by atoms with Crippen LogP contribution >= 0.6 is 11.8 Å². The molecule has 1 aromatic carbocycles. The molecule has 0 radical (unpaired) electrons. The summed E-state index contributed by atoms with van der Waals surface area (Å²) in [5.74, 6) is -0.167. The average molecular weight is 275 g/mol. The molecule has 1 aliphatic heterocycles. The van der Waals surface area contributed by atoms with Gasteiger partial charge < -0.3 is 4.74 Å². The van der Waals surface area contributed by atoms with E-state index in [1.54, 1.807) is 6.33 Å². The van der Waals surface area contributed by atoms with Crippen molar-refractivity contribution in [2.45, 2.75) is 29.9 Å². The highest BCUT2D eigenvalue weighted by atomic mass is 32.2. The molecule has 1 aromatic heterocycles. The Bertz CT molecular complexity index is 585. The molecule has 0 saturated carbocycles. The maximum atomic E-state index is 11.7. The number of ether oxygens (including phenoxy) is 1. The Morgan fingerprint density at radius 1 is 1.37 bits per heavy atom. The predicted molar refractivity (Wildman–Crippen MR) is 71.2 cm³/mol. The van der Waals surface area contributed by atoms with Gasteiger partial charge in [0.05, 0.1) is 0 Å². The van der Waals surface area contributed by atoms with Crippen molar-refractivity contribution in [1.29, 1.82) is 0 Å². The van der Waals surface area contributed by atoms with E-state index in [0.717, 1.165) is 5.69 Å². The smallest absolute Gasteiger partial charge is 0.319 e. The fraction of sp³-hybridized carbons (Fsp3) is 0.308. The number of carbonyl (C=O) groups is 1. The molecule has 3 rings (SSSR count). The third kappa shape index (κ3) is 2.49. The van der Waals surface area contributed by atoms with Crippen molar-refractivity contribution in [2.75, 3.05) is 0 Å². The quantitative estimate of drug-likeness (QED) is 0.803. The van der Waals surface area contributed by atoms with Crippen LogP contribution in [0.1, 0.15) is 13.3 Å². The van der Waals surface area contributed by atoms with Crippen molar-refractivity contribution < 1.29 is 9.53 Å². The number of hydrogen-bond donors (Lipinski definition) is 0. The van der Waals surface area contributed by atoms with Gasteiger partial charge in [-0.3, -0.25) is 9.36 Å².